The van der Waals surface area contributed by atoms with Crippen molar-refractivity contribution in [1.82, 2.24) is 9.62 Å². The Kier molecular flexibility index (Phi) is 7.37. The fourth-order valence-corrected chi connectivity index (χ4v) is 4.89. The average molecular weight is 426 g/mol. The molecule has 10 heteroatoms. The van der Waals surface area contributed by atoms with E-state index in [0.29, 0.717) is 6.54 Å². The van der Waals surface area contributed by atoms with Crippen molar-refractivity contribution in [3.8, 4) is 0 Å². The van der Waals surface area contributed by atoms with Crippen LogP contribution in [0.25, 0.3) is 0 Å². The number of urea groups is 1. The fraction of sp³-hybridized carbons (Fsp3) is 0.526. The van der Waals surface area contributed by atoms with Gasteiger partial charge in [-0.15, -0.1) is 0 Å². The summed E-state index contributed by atoms with van der Waals surface area (Å²) in [5, 5.41) is 1.89. The van der Waals surface area contributed by atoms with Gasteiger partial charge in [-0.3, -0.25) is 10.1 Å². The first-order valence-corrected chi connectivity index (χ1v) is 10.9. The first-order chi connectivity index (χ1) is 13.5. The molecule has 1 saturated heterocycles. The Morgan fingerprint density at radius 3 is 2.31 bits per heavy atom. The molecule has 160 valence electrons. The lowest BCUT2D eigenvalue weighted by Crippen LogP contribution is -2.45. The molecule has 0 unspecified atom stereocenters. The van der Waals surface area contributed by atoms with Gasteiger partial charge in [0.15, 0.2) is 6.10 Å². The van der Waals surface area contributed by atoms with Crippen LogP contribution < -0.4 is 11.1 Å². The predicted molar refractivity (Wildman–Crippen MR) is 105 cm³/mol. The van der Waals surface area contributed by atoms with Crippen molar-refractivity contribution >= 4 is 27.9 Å². The number of imide groups is 1. The van der Waals surface area contributed by atoms with Crippen LogP contribution in [0.2, 0.25) is 0 Å². The van der Waals surface area contributed by atoms with Crippen LogP contribution in [0, 0.1) is 5.92 Å². The van der Waals surface area contributed by atoms with Crippen molar-refractivity contribution in [3.05, 3.63) is 29.8 Å². The van der Waals surface area contributed by atoms with Crippen LogP contribution in [0.15, 0.2) is 29.2 Å². The van der Waals surface area contributed by atoms with Crippen LogP contribution in [0.3, 0.4) is 0 Å². The molecule has 9 nitrogen and oxygen atoms in total. The van der Waals surface area contributed by atoms with Crippen LogP contribution >= 0.6 is 0 Å². The van der Waals surface area contributed by atoms with E-state index in [1.54, 1.807) is 13.8 Å². The van der Waals surface area contributed by atoms with Crippen molar-refractivity contribution in [2.24, 2.45) is 11.7 Å². The molecule has 1 aromatic carbocycles. The van der Waals surface area contributed by atoms with Crippen LogP contribution in [-0.2, 0) is 19.6 Å². The number of rotatable bonds is 6. The Balaban J connectivity index is 2.15. The van der Waals surface area contributed by atoms with Crippen molar-refractivity contribution in [2.45, 2.75) is 57.1 Å². The Bertz CT molecular complexity index is 866. The maximum atomic E-state index is 12.9. The number of nitrogens with zero attached hydrogens (tertiary/aromatic N) is 1. The molecule has 1 aliphatic heterocycles. The first-order valence-electron chi connectivity index (χ1n) is 9.47. The molecule has 0 aliphatic carbocycles. The SMILES string of the molecule is CC(C)[C@H](OC(=O)c1ccc(S(=O)(=O)N2CCCC[C@H]2C)cc1)C(=O)NC(N)=O. The smallest absolute Gasteiger partial charge is 0.338 e. The number of carbonyl (C=O) groups excluding carboxylic acids is 3. The third-order valence-corrected chi connectivity index (χ3v) is 6.81. The molecule has 3 N–H and O–H groups in total. The number of esters is 1. The Morgan fingerprint density at radius 1 is 1.17 bits per heavy atom. The van der Waals surface area contributed by atoms with Gasteiger partial charge >= 0.3 is 12.0 Å². The third kappa shape index (κ3) is 5.54. The van der Waals surface area contributed by atoms with Gasteiger partial charge in [0.2, 0.25) is 10.0 Å². The number of primary amides is 1. The zero-order valence-corrected chi connectivity index (χ0v) is 17.6. The van der Waals surface area contributed by atoms with Crippen LogP contribution in [-0.4, -0.2) is 49.3 Å². The highest BCUT2D eigenvalue weighted by atomic mass is 32.2. The minimum atomic E-state index is -3.65. The molecule has 2 rings (SSSR count). The number of nitrogens with two attached hydrogens (primary N) is 1. The van der Waals surface area contributed by atoms with E-state index in [4.69, 9.17) is 10.5 Å². The zero-order chi connectivity index (χ0) is 21.8. The molecule has 0 aromatic heterocycles. The number of hydrogen-bond acceptors (Lipinski definition) is 6. The lowest BCUT2D eigenvalue weighted by molar-refractivity contribution is -0.130. The Hall–Kier alpha value is -2.46. The van der Waals surface area contributed by atoms with Gasteiger partial charge in [-0.2, -0.15) is 4.31 Å². The number of hydrogen-bond donors (Lipinski definition) is 2. The number of nitrogens with one attached hydrogen (secondary N) is 1. The van der Waals surface area contributed by atoms with Crippen molar-refractivity contribution in [2.75, 3.05) is 6.54 Å². The van der Waals surface area contributed by atoms with Crippen molar-refractivity contribution in [1.29, 1.82) is 0 Å². The molecule has 29 heavy (non-hydrogen) atoms. The summed E-state index contributed by atoms with van der Waals surface area (Å²) in [5.41, 5.74) is 5.02. The second-order valence-electron chi connectivity index (χ2n) is 7.41. The molecule has 1 heterocycles. The number of ether oxygens (including phenoxy) is 1. The van der Waals surface area contributed by atoms with Crippen molar-refractivity contribution in [3.63, 3.8) is 0 Å². The highest BCUT2D eigenvalue weighted by molar-refractivity contribution is 7.89. The molecule has 1 fully saturated rings. The van der Waals surface area contributed by atoms with Gasteiger partial charge in [-0.25, -0.2) is 18.0 Å². The van der Waals surface area contributed by atoms with Crippen LogP contribution in [0.4, 0.5) is 4.79 Å². The number of sulfonamides is 1. The van der Waals surface area contributed by atoms with Crippen LogP contribution in [0.5, 0.6) is 0 Å². The summed E-state index contributed by atoms with van der Waals surface area (Å²) in [5.74, 6) is -2.03. The zero-order valence-electron chi connectivity index (χ0n) is 16.8. The lowest BCUT2D eigenvalue weighted by atomic mass is 10.1. The average Bonchev–Trinajstić information content (AvgIpc) is 2.65. The molecule has 2 atom stereocenters. The third-order valence-electron chi connectivity index (χ3n) is 4.78. The fourth-order valence-electron chi connectivity index (χ4n) is 3.20. The number of carbonyl (C=O) groups is 3. The molecule has 1 aromatic rings. The van der Waals surface area contributed by atoms with Crippen molar-refractivity contribution < 1.29 is 27.5 Å². The molecule has 0 spiro atoms. The molecule has 1 aliphatic rings. The first kappa shape index (κ1) is 22.8. The highest BCUT2D eigenvalue weighted by Crippen LogP contribution is 2.25. The summed E-state index contributed by atoms with van der Waals surface area (Å²) >= 11 is 0. The minimum absolute atomic E-state index is 0.0750. The summed E-state index contributed by atoms with van der Waals surface area (Å²) in [4.78, 5) is 35.3. The summed E-state index contributed by atoms with van der Waals surface area (Å²) in [6.45, 7) is 5.64. The predicted octanol–water partition coefficient (Wildman–Crippen LogP) is 1.63. The molecular formula is C19H27N3O6S. The minimum Gasteiger partial charge on any atom is -0.448 e. The molecular weight excluding hydrogens is 398 g/mol. The largest absolute Gasteiger partial charge is 0.448 e. The quantitative estimate of drug-likeness (QED) is 0.665. The summed E-state index contributed by atoms with van der Waals surface area (Å²) in [7, 11) is -3.65. The van der Waals surface area contributed by atoms with Gasteiger partial charge in [0.05, 0.1) is 10.5 Å². The van der Waals surface area contributed by atoms with Gasteiger partial charge in [0, 0.05) is 12.6 Å². The Labute approximate surface area is 170 Å². The molecule has 0 saturated carbocycles. The molecule has 3 amide bonds. The molecule has 0 radical (unpaired) electrons. The van der Waals surface area contributed by atoms with Crippen LogP contribution in [0.1, 0.15) is 50.4 Å². The number of piperidine rings is 1. The van der Waals surface area contributed by atoms with E-state index >= 15 is 0 Å². The van der Waals surface area contributed by atoms with Gasteiger partial charge in [-0.1, -0.05) is 20.3 Å². The number of amides is 3. The standard InChI is InChI=1S/C19H27N3O6S/c1-12(2)16(17(23)21-19(20)25)28-18(24)14-7-9-15(10-8-14)29(26,27)22-11-5-4-6-13(22)3/h7-10,12-13,16H,4-6,11H2,1-3H3,(H3,20,21,23,25)/t13-,16+/m1/s1. The van der Waals surface area contributed by atoms with E-state index in [1.807, 2.05) is 12.2 Å². The number of benzene rings is 1. The summed E-state index contributed by atoms with van der Waals surface area (Å²) in [6, 6.07) is 4.26. The van der Waals surface area contributed by atoms with Gasteiger partial charge in [-0.05, 0) is 49.9 Å². The second-order valence-corrected chi connectivity index (χ2v) is 9.30. The van der Waals surface area contributed by atoms with Gasteiger partial charge < -0.3 is 10.5 Å². The van der Waals surface area contributed by atoms with E-state index in [9.17, 15) is 22.8 Å². The monoisotopic (exact) mass is 425 g/mol. The van der Waals surface area contributed by atoms with E-state index in [-0.39, 0.29) is 16.5 Å². The van der Waals surface area contributed by atoms with E-state index < -0.39 is 40.0 Å². The molecule has 0 bridgehead atoms. The topological polar surface area (TPSA) is 136 Å². The Morgan fingerprint density at radius 2 is 1.79 bits per heavy atom. The van der Waals surface area contributed by atoms with Gasteiger partial charge in [0.25, 0.3) is 5.91 Å². The second kappa shape index (κ2) is 9.36. The highest BCUT2D eigenvalue weighted by Gasteiger charge is 2.31. The maximum Gasteiger partial charge on any atom is 0.338 e. The lowest BCUT2D eigenvalue weighted by Gasteiger charge is -2.32. The maximum absolute atomic E-state index is 12.9. The van der Waals surface area contributed by atoms with E-state index in [0.717, 1.165) is 19.3 Å². The normalized spacial score (nSPS) is 18.8. The van der Waals surface area contributed by atoms with E-state index in [1.165, 1.54) is 28.6 Å². The van der Waals surface area contributed by atoms with Gasteiger partial charge in [0.1, 0.15) is 0 Å². The summed E-state index contributed by atoms with van der Waals surface area (Å²) in [6.07, 6.45) is 1.41. The summed E-state index contributed by atoms with van der Waals surface area (Å²) < 4.78 is 32.4. The van der Waals surface area contributed by atoms with E-state index in [2.05, 4.69) is 0 Å².